The number of hydrogen-bond donors (Lipinski definition) is 1. The molecular formula is C16H20FN3O. The minimum Gasteiger partial charge on any atom is -0.369 e. The molecule has 1 N–H and O–H groups in total. The van der Waals surface area contributed by atoms with Gasteiger partial charge in [0.25, 0.3) is 0 Å². The Morgan fingerprint density at radius 2 is 2.10 bits per heavy atom. The molecule has 1 unspecified atom stereocenters. The average molecular weight is 289 g/mol. The fourth-order valence-corrected chi connectivity index (χ4v) is 2.60. The lowest BCUT2D eigenvalue weighted by Gasteiger charge is -2.27. The Morgan fingerprint density at radius 3 is 2.71 bits per heavy atom. The Labute approximate surface area is 124 Å². The smallest absolute Gasteiger partial charge is 0.225 e. The third kappa shape index (κ3) is 4.45. The molecule has 4 nitrogen and oxygen atoms in total. The van der Waals surface area contributed by atoms with Crippen LogP contribution >= 0.6 is 0 Å². The van der Waals surface area contributed by atoms with Crippen LogP contribution in [0.5, 0.6) is 0 Å². The number of likely N-dealkylation sites (tertiary alicyclic amines) is 1. The number of piperidine rings is 1. The average Bonchev–Trinajstić information content (AvgIpc) is 2.46. The molecular weight excluding hydrogens is 269 g/mol. The van der Waals surface area contributed by atoms with Crippen LogP contribution in [0.15, 0.2) is 18.2 Å². The Bertz CT molecular complexity index is 527. The Balaban J connectivity index is 1.96. The Morgan fingerprint density at radius 1 is 1.38 bits per heavy atom. The van der Waals surface area contributed by atoms with E-state index in [9.17, 15) is 14.4 Å². The first-order chi connectivity index (χ1) is 10.1. The van der Waals surface area contributed by atoms with Crippen molar-refractivity contribution in [3.8, 4) is 6.07 Å². The lowest BCUT2D eigenvalue weighted by Crippen LogP contribution is -2.38. The van der Waals surface area contributed by atoms with Crippen molar-refractivity contribution in [1.82, 2.24) is 4.90 Å². The predicted octanol–water partition coefficient (Wildman–Crippen LogP) is 2.84. The van der Waals surface area contributed by atoms with Crippen molar-refractivity contribution < 1.29 is 9.18 Å². The van der Waals surface area contributed by atoms with Crippen LogP contribution in [0.2, 0.25) is 0 Å². The molecule has 1 saturated heterocycles. The van der Waals surface area contributed by atoms with Crippen molar-refractivity contribution in [2.24, 2.45) is 0 Å². The molecule has 1 aliphatic rings. The molecule has 1 aromatic carbocycles. The van der Waals surface area contributed by atoms with Crippen LogP contribution in [0.25, 0.3) is 0 Å². The van der Waals surface area contributed by atoms with Gasteiger partial charge < -0.3 is 10.2 Å². The van der Waals surface area contributed by atoms with Crippen molar-refractivity contribution >= 4 is 11.6 Å². The van der Waals surface area contributed by atoms with E-state index in [-0.39, 0.29) is 18.1 Å². The van der Waals surface area contributed by atoms with E-state index in [2.05, 4.69) is 11.4 Å². The summed E-state index contributed by atoms with van der Waals surface area (Å²) in [6.45, 7) is 3.33. The fourth-order valence-electron chi connectivity index (χ4n) is 2.60. The normalized spacial score (nSPS) is 16.1. The van der Waals surface area contributed by atoms with Crippen LogP contribution in [0.3, 0.4) is 0 Å². The molecule has 1 atom stereocenters. The zero-order valence-electron chi connectivity index (χ0n) is 12.2. The zero-order valence-corrected chi connectivity index (χ0v) is 12.2. The monoisotopic (exact) mass is 289 g/mol. The van der Waals surface area contributed by atoms with Crippen LogP contribution in [-0.4, -0.2) is 29.9 Å². The maximum absolute atomic E-state index is 13.3. The molecule has 112 valence electrons. The van der Waals surface area contributed by atoms with Crippen LogP contribution < -0.4 is 5.32 Å². The number of nitriles is 1. The van der Waals surface area contributed by atoms with E-state index in [0.29, 0.717) is 5.69 Å². The van der Waals surface area contributed by atoms with E-state index in [4.69, 9.17) is 0 Å². The predicted molar refractivity (Wildman–Crippen MR) is 79.2 cm³/mol. The van der Waals surface area contributed by atoms with Gasteiger partial charge in [-0.25, -0.2) is 4.39 Å². The van der Waals surface area contributed by atoms with E-state index in [0.717, 1.165) is 37.9 Å². The number of carbonyl (C=O) groups is 1. The minimum absolute atomic E-state index is 0.0122. The summed E-state index contributed by atoms with van der Waals surface area (Å²) in [7, 11) is 0. The largest absolute Gasteiger partial charge is 0.369 e. The van der Waals surface area contributed by atoms with Crippen molar-refractivity contribution in [2.45, 2.75) is 38.6 Å². The van der Waals surface area contributed by atoms with Crippen molar-refractivity contribution in [1.29, 1.82) is 5.26 Å². The highest BCUT2D eigenvalue weighted by molar-refractivity contribution is 5.78. The van der Waals surface area contributed by atoms with Gasteiger partial charge in [-0.3, -0.25) is 4.79 Å². The second-order valence-electron chi connectivity index (χ2n) is 5.49. The number of amides is 1. The summed E-state index contributed by atoms with van der Waals surface area (Å²) in [4.78, 5) is 14.0. The van der Waals surface area contributed by atoms with Gasteiger partial charge in [-0.1, -0.05) is 0 Å². The lowest BCUT2D eigenvalue weighted by atomic mass is 10.1. The number of nitrogens with one attached hydrogen (secondary N) is 1. The summed E-state index contributed by atoms with van der Waals surface area (Å²) in [5.74, 6) is -0.363. The molecule has 5 heteroatoms. The number of carbonyl (C=O) groups excluding carboxylic acids is 1. The molecule has 0 aromatic heterocycles. The maximum Gasteiger partial charge on any atom is 0.225 e. The third-order valence-electron chi connectivity index (χ3n) is 3.63. The second-order valence-corrected chi connectivity index (χ2v) is 5.49. The summed E-state index contributed by atoms with van der Waals surface area (Å²) < 4.78 is 13.3. The molecule has 1 heterocycles. The van der Waals surface area contributed by atoms with Gasteiger partial charge in [-0.05, 0) is 49.9 Å². The highest BCUT2D eigenvalue weighted by atomic mass is 19.1. The van der Waals surface area contributed by atoms with E-state index >= 15 is 0 Å². The number of halogens is 1. The Kier molecular flexibility index (Phi) is 5.15. The molecule has 1 aliphatic heterocycles. The van der Waals surface area contributed by atoms with Crippen molar-refractivity contribution in [3.63, 3.8) is 0 Å². The van der Waals surface area contributed by atoms with Crippen LogP contribution in [-0.2, 0) is 4.79 Å². The first-order valence-corrected chi connectivity index (χ1v) is 7.29. The molecule has 0 bridgehead atoms. The Hall–Kier alpha value is -2.09. The molecule has 0 radical (unpaired) electrons. The summed E-state index contributed by atoms with van der Waals surface area (Å²) in [6, 6.07) is 5.96. The number of rotatable bonds is 4. The molecule has 1 amide bonds. The van der Waals surface area contributed by atoms with Crippen molar-refractivity contribution in [3.05, 3.63) is 29.6 Å². The molecule has 0 spiro atoms. The van der Waals surface area contributed by atoms with E-state index in [1.54, 1.807) is 13.0 Å². The first-order valence-electron chi connectivity index (χ1n) is 7.29. The van der Waals surface area contributed by atoms with E-state index in [1.165, 1.54) is 12.1 Å². The first kappa shape index (κ1) is 15.3. The van der Waals surface area contributed by atoms with Gasteiger partial charge in [0.1, 0.15) is 11.9 Å². The standard InChI is InChI=1S/C16H20FN3O/c1-12-7-13(17)9-14(8-12)19-15(11-18)10-16(21)20-5-3-2-4-6-20/h7-9,15,19H,2-6,10H2,1H3. The summed E-state index contributed by atoms with van der Waals surface area (Å²) in [5.41, 5.74) is 1.31. The van der Waals surface area contributed by atoms with Gasteiger partial charge in [0.2, 0.25) is 5.91 Å². The van der Waals surface area contributed by atoms with Gasteiger partial charge in [0, 0.05) is 18.8 Å². The third-order valence-corrected chi connectivity index (χ3v) is 3.63. The number of aryl methyl sites for hydroxylation is 1. The van der Waals surface area contributed by atoms with Gasteiger partial charge in [-0.2, -0.15) is 5.26 Å². The van der Waals surface area contributed by atoms with Crippen LogP contribution in [0.1, 0.15) is 31.2 Å². The summed E-state index contributed by atoms with van der Waals surface area (Å²) in [5, 5.41) is 12.1. The molecule has 0 saturated carbocycles. The topological polar surface area (TPSA) is 56.1 Å². The van der Waals surface area contributed by atoms with Gasteiger partial charge in [0.05, 0.1) is 12.5 Å². The quantitative estimate of drug-likeness (QED) is 0.927. The van der Waals surface area contributed by atoms with Crippen LogP contribution in [0.4, 0.5) is 10.1 Å². The molecule has 21 heavy (non-hydrogen) atoms. The molecule has 1 fully saturated rings. The number of anilines is 1. The van der Waals surface area contributed by atoms with E-state index < -0.39 is 6.04 Å². The fraction of sp³-hybridized carbons (Fsp3) is 0.500. The van der Waals surface area contributed by atoms with Gasteiger partial charge >= 0.3 is 0 Å². The number of benzene rings is 1. The highest BCUT2D eigenvalue weighted by Crippen LogP contribution is 2.16. The van der Waals surface area contributed by atoms with Crippen LogP contribution in [0, 0.1) is 24.1 Å². The van der Waals surface area contributed by atoms with E-state index in [1.807, 2.05) is 4.90 Å². The SMILES string of the molecule is Cc1cc(F)cc(NC(C#N)CC(=O)N2CCCCC2)c1. The summed E-state index contributed by atoms with van der Waals surface area (Å²) in [6.07, 6.45) is 3.33. The van der Waals surface area contributed by atoms with Gasteiger partial charge in [-0.15, -0.1) is 0 Å². The summed E-state index contributed by atoms with van der Waals surface area (Å²) >= 11 is 0. The lowest BCUT2D eigenvalue weighted by molar-refractivity contribution is -0.132. The number of nitrogens with zero attached hydrogens (tertiary/aromatic N) is 2. The maximum atomic E-state index is 13.3. The molecule has 1 aromatic rings. The minimum atomic E-state index is -0.638. The number of hydrogen-bond acceptors (Lipinski definition) is 3. The molecule has 2 rings (SSSR count). The molecule has 0 aliphatic carbocycles. The second kappa shape index (κ2) is 7.07. The highest BCUT2D eigenvalue weighted by Gasteiger charge is 2.20. The zero-order chi connectivity index (χ0) is 15.2. The van der Waals surface area contributed by atoms with Crippen molar-refractivity contribution in [2.75, 3.05) is 18.4 Å². The van der Waals surface area contributed by atoms with Gasteiger partial charge in [0.15, 0.2) is 0 Å².